The molecule has 110 valence electrons. The van der Waals surface area contributed by atoms with Gasteiger partial charge in [-0.05, 0) is 25.8 Å². The summed E-state index contributed by atoms with van der Waals surface area (Å²) in [6, 6.07) is 0. The zero-order valence-electron chi connectivity index (χ0n) is 11.8. The van der Waals surface area contributed by atoms with Gasteiger partial charge in [0.25, 0.3) is 0 Å². The molecule has 0 heterocycles. The van der Waals surface area contributed by atoms with Crippen molar-refractivity contribution >= 4 is 28.2 Å². The minimum Gasteiger partial charge on any atom is -0.344 e. The summed E-state index contributed by atoms with van der Waals surface area (Å²) in [7, 11) is -1.72. The molecule has 0 aromatic rings. The molecule has 18 heavy (non-hydrogen) atoms. The second-order valence-electron chi connectivity index (χ2n) is 5.47. The number of nitrogens with two attached hydrogens (primary N) is 1. The monoisotopic (exact) mass is 300 g/mol. The molecule has 0 aromatic carbocycles. The van der Waals surface area contributed by atoms with E-state index in [4.69, 9.17) is 5.73 Å². The predicted molar refractivity (Wildman–Crippen MR) is 76.6 cm³/mol. The second-order valence-corrected chi connectivity index (χ2v) is 8.03. The van der Waals surface area contributed by atoms with Gasteiger partial charge in [-0.1, -0.05) is 13.8 Å². The van der Waals surface area contributed by atoms with Crippen molar-refractivity contribution in [1.82, 2.24) is 4.90 Å². The van der Waals surface area contributed by atoms with Crippen LogP contribution < -0.4 is 5.73 Å². The van der Waals surface area contributed by atoms with Crippen molar-refractivity contribution in [2.24, 2.45) is 11.1 Å². The summed E-state index contributed by atoms with van der Waals surface area (Å²) in [5.74, 6) is -0.804. The molecule has 1 amide bonds. The maximum Gasteiger partial charge on any atom is 0.237 e. The zero-order valence-corrected chi connectivity index (χ0v) is 13.4. The first-order valence-corrected chi connectivity index (χ1v) is 7.39. The molecule has 0 atom stereocenters. The van der Waals surface area contributed by atoms with Crippen LogP contribution in [0, 0.1) is 5.41 Å². The average Bonchev–Trinajstić information content (AvgIpc) is 2.16. The normalized spacial score (nSPS) is 12.2. The highest BCUT2D eigenvalue weighted by Gasteiger charge is 2.26. The van der Waals surface area contributed by atoms with E-state index in [-0.39, 0.29) is 23.7 Å². The lowest BCUT2D eigenvalue weighted by atomic mass is 9.93. The van der Waals surface area contributed by atoms with Crippen LogP contribution in [-0.4, -0.2) is 50.4 Å². The van der Waals surface area contributed by atoms with Crippen LogP contribution >= 0.6 is 12.4 Å². The molecule has 0 aliphatic rings. The topological polar surface area (TPSA) is 80.5 Å². The Morgan fingerprint density at radius 2 is 1.78 bits per heavy atom. The molecule has 0 unspecified atom stereocenters. The van der Waals surface area contributed by atoms with E-state index in [1.54, 1.807) is 20.9 Å². The number of carbonyl (C=O) groups is 1. The van der Waals surface area contributed by atoms with Crippen molar-refractivity contribution in [2.75, 3.05) is 25.9 Å². The highest BCUT2D eigenvalue weighted by molar-refractivity contribution is 7.92. The highest BCUT2D eigenvalue weighted by atomic mass is 35.5. The van der Waals surface area contributed by atoms with Gasteiger partial charge in [-0.2, -0.15) is 0 Å². The summed E-state index contributed by atoms with van der Waals surface area (Å²) in [6.45, 7) is 7.93. The predicted octanol–water partition coefficient (Wildman–Crippen LogP) is 0.675. The zero-order chi connectivity index (χ0) is 13.9. The molecule has 5 nitrogen and oxygen atoms in total. The van der Waals surface area contributed by atoms with Gasteiger partial charge in [-0.15, -0.1) is 12.4 Å². The number of hydrogen-bond acceptors (Lipinski definition) is 4. The molecule has 7 heteroatoms. The molecule has 0 saturated carbocycles. The molecular weight excluding hydrogens is 276 g/mol. The SMILES string of the molecule is CC(C)S(=O)(=O)CC(=O)N(C)CC(C)(C)CN.Cl. The number of hydrogen-bond donors (Lipinski definition) is 1. The molecule has 0 saturated heterocycles. The van der Waals surface area contributed by atoms with E-state index in [1.807, 2.05) is 13.8 Å². The number of amides is 1. The quantitative estimate of drug-likeness (QED) is 0.782. The molecule has 0 aliphatic carbocycles. The first-order valence-electron chi connectivity index (χ1n) is 5.67. The second kappa shape index (κ2) is 7.31. The van der Waals surface area contributed by atoms with Gasteiger partial charge in [0.2, 0.25) is 5.91 Å². The molecule has 0 bridgehead atoms. The number of sulfone groups is 1. The van der Waals surface area contributed by atoms with Gasteiger partial charge in [0, 0.05) is 13.6 Å². The fourth-order valence-corrected chi connectivity index (χ4v) is 2.14. The van der Waals surface area contributed by atoms with Crippen LogP contribution in [0.5, 0.6) is 0 Å². The van der Waals surface area contributed by atoms with Gasteiger partial charge in [0.1, 0.15) is 5.75 Å². The summed E-state index contributed by atoms with van der Waals surface area (Å²) in [5, 5.41) is -0.526. The van der Waals surface area contributed by atoms with E-state index in [1.165, 1.54) is 4.90 Å². The maximum absolute atomic E-state index is 11.8. The standard InChI is InChI=1S/C11H24N2O3S.ClH/c1-9(2)17(15,16)6-10(14)13(5)8-11(3,4)7-12;/h9H,6-8,12H2,1-5H3;1H. The molecule has 2 N–H and O–H groups in total. The van der Waals surface area contributed by atoms with Crippen molar-refractivity contribution in [3.05, 3.63) is 0 Å². The lowest BCUT2D eigenvalue weighted by Crippen LogP contribution is -2.42. The Morgan fingerprint density at radius 1 is 1.33 bits per heavy atom. The van der Waals surface area contributed by atoms with Crippen molar-refractivity contribution in [3.63, 3.8) is 0 Å². The van der Waals surface area contributed by atoms with Gasteiger partial charge in [0.15, 0.2) is 9.84 Å². The summed E-state index contributed by atoms with van der Waals surface area (Å²) in [4.78, 5) is 13.2. The van der Waals surface area contributed by atoms with E-state index in [9.17, 15) is 13.2 Å². The highest BCUT2D eigenvalue weighted by Crippen LogP contribution is 2.14. The third-order valence-electron chi connectivity index (χ3n) is 2.69. The molecule has 0 radical (unpaired) electrons. The van der Waals surface area contributed by atoms with Gasteiger partial charge in [-0.3, -0.25) is 4.79 Å². The molecule has 0 spiro atoms. The fraction of sp³-hybridized carbons (Fsp3) is 0.909. The molecular formula is C11H25ClN2O3S. The fourth-order valence-electron chi connectivity index (χ4n) is 1.24. The summed E-state index contributed by atoms with van der Waals surface area (Å²) < 4.78 is 23.2. The first kappa shape index (κ1) is 20.0. The van der Waals surface area contributed by atoms with E-state index >= 15 is 0 Å². The third kappa shape index (κ3) is 6.56. The lowest BCUT2D eigenvalue weighted by Gasteiger charge is -2.29. The Hall–Kier alpha value is -0.330. The van der Waals surface area contributed by atoms with E-state index in [2.05, 4.69) is 0 Å². The van der Waals surface area contributed by atoms with Crippen molar-refractivity contribution in [2.45, 2.75) is 32.9 Å². The van der Waals surface area contributed by atoms with Crippen LogP contribution in [0.15, 0.2) is 0 Å². The third-order valence-corrected chi connectivity index (χ3v) is 4.77. The van der Waals surface area contributed by atoms with Crippen LogP contribution in [0.25, 0.3) is 0 Å². The average molecular weight is 301 g/mol. The Kier molecular flexibility index (Phi) is 8.12. The van der Waals surface area contributed by atoms with Gasteiger partial charge in [-0.25, -0.2) is 8.42 Å². The smallest absolute Gasteiger partial charge is 0.237 e. The minimum absolute atomic E-state index is 0. The van der Waals surface area contributed by atoms with E-state index in [0.717, 1.165) is 0 Å². The van der Waals surface area contributed by atoms with Gasteiger partial charge in [0.05, 0.1) is 5.25 Å². The van der Waals surface area contributed by atoms with Crippen molar-refractivity contribution < 1.29 is 13.2 Å². The van der Waals surface area contributed by atoms with Gasteiger partial charge >= 0.3 is 0 Å². The minimum atomic E-state index is -3.33. The molecule has 0 aromatic heterocycles. The molecule has 0 fully saturated rings. The van der Waals surface area contributed by atoms with Crippen LogP contribution in [0.1, 0.15) is 27.7 Å². The Bertz CT molecular complexity index is 366. The number of rotatable bonds is 6. The van der Waals surface area contributed by atoms with Crippen LogP contribution in [0.4, 0.5) is 0 Å². The summed E-state index contributed by atoms with van der Waals surface area (Å²) in [5.41, 5.74) is 5.37. The van der Waals surface area contributed by atoms with E-state index < -0.39 is 20.8 Å². The number of nitrogens with zero attached hydrogens (tertiary/aromatic N) is 1. The first-order chi connectivity index (χ1) is 7.52. The number of carbonyl (C=O) groups excluding carboxylic acids is 1. The van der Waals surface area contributed by atoms with Crippen LogP contribution in [0.3, 0.4) is 0 Å². The molecule has 0 aliphatic heterocycles. The van der Waals surface area contributed by atoms with Crippen LogP contribution in [-0.2, 0) is 14.6 Å². The summed E-state index contributed by atoms with van der Waals surface area (Å²) >= 11 is 0. The Balaban J connectivity index is 0. The van der Waals surface area contributed by atoms with Crippen molar-refractivity contribution in [1.29, 1.82) is 0 Å². The summed E-state index contributed by atoms with van der Waals surface area (Å²) in [6.07, 6.45) is 0. The van der Waals surface area contributed by atoms with Crippen LogP contribution in [0.2, 0.25) is 0 Å². The largest absolute Gasteiger partial charge is 0.344 e. The Morgan fingerprint density at radius 3 is 2.11 bits per heavy atom. The lowest BCUT2D eigenvalue weighted by molar-refractivity contribution is -0.128. The van der Waals surface area contributed by atoms with E-state index in [0.29, 0.717) is 13.1 Å². The van der Waals surface area contributed by atoms with Crippen molar-refractivity contribution in [3.8, 4) is 0 Å². The van der Waals surface area contributed by atoms with Gasteiger partial charge < -0.3 is 10.6 Å². The number of halogens is 1. The maximum atomic E-state index is 11.8. The Labute approximate surface area is 116 Å². The molecule has 0 rings (SSSR count).